The maximum atomic E-state index is 12.5. The number of para-hydroxylation sites is 1. The Balaban J connectivity index is 1.53. The Hall–Kier alpha value is -2.82. The van der Waals surface area contributed by atoms with E-state index in [0.717, 1.165) is 29.7 Å². The van der Waals surface area contributed by atoms with Crippen LogP contribution < -0.4 is 10.1 Å². The van der Waals surface area contributed by atoms with Gasteiger partial charge in [-0.1, -0.05) is 24.3 Å². The highest BCUT2D eigenvalue weighted by molar-refractivity contribution is 5.93. The molecule has 0 radical (unpaired) electrons. The van der Waals surface area contributed by atoms with Gasteiger partial charge in [-0.15, -0.1) is 0 Å². The van der Waals surface area contributed by atoms with Crippen molar-refractivity contribution in [2.45, 2.75) is 26.7 Å². The summed E-state index contributed by atoms with van der Waals surface area (Å²) >= 11 is 0. The number of amides is 2. The SMILES string of the molecule is Cc1cc(C)cc(OCC(=O)N2CCC[C@H](C(=O)Nc3ccccc3)C2)c1. The van der Waals surface area contributed by atoms with Crippen molar-refractivity contribution in [1.29, 1.82) is 0 Å². The Morgan fingerprint density at radius 2 is 1.81 bits per heavy atom. The molecule has 0 aliphatic carbocycles. The topological polar surface area (TPSA) is 58.6 Å². The minimum atomic E-state index is -0.191. The van der Waals surface area contributed by atoms with Crippen molar-refractivity contribution in [3.8, 4) is 5.75 Å². The summed E-state index contributed by atoms with van der Waals surface area (Å²) in [5.41, 5.74) is 2.99. The average molecular weight is 366 g/mol. The van der Waals surface area contributed by atoms with Crippen LogP contribution in [0.4, 0.5) is 5.69 Å². The molecule has 1 atom stereocenters. The van der Waals surface area contributed by atoms with Crippen LogP contribution in [0.15, 0.2) is 48.5 Å². The van der Waals surface area contributed by atoms with Crippen molar-refractivity contribution in [2.75, 3.05) is 25.0 Å². The van der Waals surface area contributed by atoms with E-state index in [1.165, 1.54) is 0 Å². The molecule has 1 heterocycles. The zero-order valence-corrected chi connectivity index (χ0v) is 15.9. The van der Waals surface area contributed by atoms with Gasteiger partial charge in [0.2, 0.25) is 5.91 Å². The van der Waals surface area contributed by atoms with E-state index in [1.54, 1.807) is 4.90 Å². The second-order valence-electron chi connectivity index (χ2n) is 7.15. The highest BCUT2D eigenvalue weighted by atomic mass is 16.5. The van der Waals surface area contributed by atoms with Crippen LogP contribution in [0.3, 0.4) is 0 Å². The number of aryl methyl sites for hydroxylation is 2. The molecule has 0 unspecified atom stereocenters. The Labute approximate surface area is 160 Å². The predicted molar refractivity (Wildman–Crippen MR) is 106 cm³/mol. The van der Waals surface area contributed by atoms with Crippen LogP contribution in [0, 0.1) is 19.8 Å². The minimum Gasteiger partial charge on any atom is -0.484 e. The average Bonchev–Trinajstić information content (AvgIpc) is 2.66. The maximum absolute atomic E-state index is 12.5. The van der Waals surface area contributed by atoms with Gasteiger partial charge in [0.05, 0.1) is 5.92 Å². The number of rotatable bonds is 5. The zero-order chi connectivity index (χ0) is 19.2. The molecule has 5 nitrogen and oxygen atoms in total. The third-order valence-corrected chi connectivity index (χ3v) is 4.74. The van der Waals surface area contributed by atoms with Gasteiger partial charge in [-0.3, -0.25) is 9.59 Å². The monoisotopic (exact) mass is 366 g/mol. The summed E-state index contributed by atoms with van der Waals surface area (Å²) in [6.07, 6.45) is 1.61. The standard InChI is InChI=1S/C22H26N2O3/c1-16-11-17(2)13-20(12-16)27-15-21(25)24-10-6-7-18(14-24)22(26)23-19-8-4-3-5-9-19/h3-5,8-9,11-13,18H,6-7,10,14-15H2,1-2H3,(H,23,26)/t18-/m0/s1. The smallest absolute Gasteiger partial charge is 0.260 e. The molecule has 2 amide bonds. The lowest BCUT2D eigenvalue weighted by Crippen LogP contribution is -2.45. The summed E-state index contributed by atoms with van der Waals surface area (Å²) in [4.78, 5) is 26.8. The molecule has 3 rings (SSSR count). The van der Waals surface area contributed by atoms with Crippen molar-refractivity contribution in [2.24, 2.45) is 5.92 Å². The third kappa shape index (κ3) is 5.33. The number of anilines is 1. The van der Waals surface area contributed by atoms with Crippen LogP contribution in [-0.4, -0.2) is 36.4 Å². The highest BCUT2D eigenvalue weighted by Crippen LogP contribution is 2.20. The van der Waals surface area contributed by atoms with E-state index >= 15 is 0 Å². The molecule has 0 aromatic heterocycles. The maximum Gasteiger partial charge on any atom is 0.260 e. The van der Waals surface area contributed by atoms with E-state index in [4.69, 9.17) is 4.74 Å². The van der Waals surface area contributed by atoms with Crippen LogP contribution in [-0.2, 0) is 9.59 Å². The Morgan fingerprint density at radius 1 is 1.11 bits per heavy atom. The fourth-order valence-corrected chi connectivity index (χ4v) is 3.44. The lowest BCUT2D eigenvalue weighted by molar-refractivity contribution is -0.136. The number of likely N-dealkylation sites (tertiary alicyclic amines) is 1. The fourth-order valence-electron chi connectivity index (χ4n) is 3.44. The van der Waals surface area contributed by atoms with Gasteiger partial charge in [0.1, 0.15) is 5.75 Å². The Kier molecular flexibility index (Phi) is 6.12. The Morgan fingerprint density at radius 3 is 2.52 bits per heavy atom. The predicted octanol–water partition coefficient (Wildman–Crippen LogP) is 3.56. The largest absolute Gasteiger partial charge is 0.484 e. The number of nitrogens with one attached hydrogen (secondary N) is 1. The van der Waals surface area contributed by atoms with E-state index in [2.05, 4.69) is 11.4 Å². The summed E-state index contributed by atoms with van der Waals surface area (Å²) < 4.78 is 5.68. The molecule has 1 aliphatic heterocycles. The minimum absolute atomic E-state index is 0.00405. The molecule has 0 spiro atoms. The first-order valence-corrected chi connectivity index (χ1v) is 9.36. The van der Waals surface area contributed by atoms with E-state index in [1.807, 2.05) is 56.3 Å². The number of hydrogen-bond acceptors (Lipinski definition) is 3. The summed E-state index contributed by atoms with van der Waals surface area (Å²) in [5, 5.41) is 2.93. The summed E-state index contributed by atoms with van der Waals surface area (Å²) in [6, 6.07) is 15.3. The molecular formula is C22H26N2O3. The third-order valence-electron chi connectivity index (χ3n) is 4.74. The molecule has 0 saturated carbocycles. The van der Waals surface area contributed by atoms with Crippen LogP contribution in [0.25, 0.3) is 0 Å². The van der Waals surface area contributed by atoms with E-state index in [0.29, 0.717) is 18.8 Å². The lowest BCUT2D eigenvalue weighted by Gasteiger charge is -2.32. The number of piperidine rings is 1. The molecule has 1 N–H and O–H groups in total. The second-order valence-corrected chi connectivity index (χ2v) is 7.15. The van der Waals surface area contributed by atoms with Gasteiger partial charge < -0.3 is 15.0 Å². The van der Waals surface area contributed by atoms with E-state index < -0.39 is 0 Å². The van der Waals surface area contributed by atoms with Crippen LogP contribution >= 0.6 is 0 Å². The molecular weight excluding hydrogens is 340 g/mol. The summed E-state index contributed by atoms with van der Waals surface area (Å²) in [7, 11) is 0. The van der Waals surface area contributed by atoms with Crippen molar-refractivity contribution < 1.29 is 14.3 Å². The molecule has 2 aromatic rings. The van der Waals surface area contributed by atoms with Crippen LogP contribution in [0.2, 0.25) is 0 Å². The summed E-state index contributed by atoms with van der Waals surface area (Å²) in [6.45, 7) is 5.11. The number of nitrogens with zero attached hydrogens (tertiary/aromatic N) is 1. The highest BCUT2D eigenvalue weighted by Gasteiger charge is 2.28. The van der Waals surface area contributed by atoms with Crippen molar-refractivity contribution in [3.63, 3.8) is 0 Å². The van der Waals surface area contributed by atoms with Crippen LogP contribution in [0.5, 0.6) is 5.75 Å². The van der Waals surface area contributed by atoms with E-state index in [-0.39, 0.29) is 24.3 Å². The molecule has 1 aliphatic rings. The second kappa shape index (κ2) is 8.71. The van der Waals surface area contributed by atoms with Gasteiger partial charge in [-0.25, -0.2) is 0 Å². The van der Waals surface area contributed by atoms with E-state index in [9.17, 15) is 9.59 Å². The first-order chi connectivity index (χ1) is 13.0. The molecule has 1 saturated heterocycles. The number of benzene rings is 2. The lowest BCUT2D eigenvalue weighted by atomic mass is 9.97. The normalized spacial score (nSPS) is 16.7. The van der Waals surface area contributed by atoms with Crippen molar-refractivity contribution in [3.05, 3.63) is 59.7 Å². The number of carbonyl (C=O) groups is 2. The van der Waals surface area contributed by atoms with Crippen molar-refractivity contribution in [1.82, 2.24) is 4.90 Å². The molecule has 27 heavy (non-hydrogen) atoms. The van der Waals surface area contributed by atoms with Gasteiger partial charge >= 0.3 is 0 Å². The number of carbonyl (C=O) groups excluding carboxylic acids is 2. The first kappa shape index (κ1) is 19.0. The molecule has 5 heteroatoms. The summed E-state index contributed by atoms with van der Waals surface area (Å²) in [5.74, 6) is 0.403. The van der Waals surface area contributed by atoms with Gasteiger partial charge in [0.15, 0.2) is 6.61 Å². The number of hydrogen-bond donors (Lipinski definition) is 1. The molecule has 0 bridgehead atoms. The van der Waals surface area contributed by atoms with Gasteiger partial charge in [0, 0.05) is 18.8 Å². The zero-order valence-electron chi connectivity index (χ0n) is 15.9. The van der Waals surface area contributed by atoms with Gasteiger partial charge in [0.25, 0.3) is 5.91 Å². The quantitative estimate of drug-likeness (QED) is 0.880. The molecule has 142 valence electrons. The van der Waals surface area contributed by atoms with Gasteiger partial charge in [-0.2, -0.15) is 0 Å². The van der Waals surface area contributed by atoms with Crippen LogP contribution in [0.1, 0.15) is 24.0 Å². The number of ether oxygens (including phenoxy) is 1. The first-order valence-electron chi connectivity index (χ1n) is 9.36. The van der Waals surface area contributed by atoms with Crippen molar-refractivity contribution >= 4 is 17.5 Å². The Bertz CT molecular complexity index is 784. The fraction of sp³-hybridized carbons (Fsp3) is 0.364. The molecule has 1 fully saturated rings. The molecule has 2 aromatic carbocycles. The van der Waals surface area contributed by atoms with Gasteiger partial charge in [-0.05, 0) is 62.1 Å².